The predicted octanol–water partition coefficient (Wildman–Crippen LogP) is 2.12. The summed E-state index contributed by atoms with van der Waals surface area (Å²) in [5, 5.41) is 2.71. The maximum atomic E-state index is 12.1. The molecule has 2 rings (SSSR count). The first kappa shape index (κ1) is 15.6. The van der Waals surface area contributed by atoms with E-state index in [2.05, 4.69) is 5.32 Å². The van der Waals surface area contributed by atoms with E-state index in [0.717, 1.165) is 5.75 Å². The van der Waals surface area contributed by atoms with Crippen molar-refractivity contribution in [1.82, 2.24) is 0 Å². The van der Waals surface area contributed by atoms with Gasteiger partial charge in [-0.25, -0.2) is 4.79 Å². The van der Waals surface area contributed by atoms with Gasteiger partial charge in [0.15, 0.2) is 0 Å². The van der Waals surface area contributed by atoms with Crippen molar-refractivity contribution in [3.8, 4) is 0 Å². The second-order valence-electron chi connectivity index (χ2n) is 4.63. The number of nitrogens with one attached hydrogen (secondary N) is 1. The zero-order valence-electron chi connectivity index (χ0n) is 11.8. The molecule has 1 atom stereocenters. The van der Waals surface area contributed by atoms with Crippen LogP contribution in [0.25, 0.3) is 0 Å². The molecule has 0 aromatic heterocycles. The number of carbonyl (C=O) groups excluding carboxylic acids is 3. The van der Waals surface area contributed by atoms with Gasteiger partial charge >= 0.3 is 5.97 Å². The van der Waals surface area contributed by atoms with Crippen molar-refractivity contribution in [3.05, 3.63) is 29.8 Å². The van der Waals surface area contributed by atoms with Gasteiger partial charge in [0.1, 0.15) is 11.7 Å². The number of rotatable bonds is 4. The van der Waals surface area contributed by atoms with Gasteiger partial charge in [0.25, 0.3) is 0 Å². The molecular weight excluding hydrogens is 290 g/mol. The number of thioether (sulfide) groups is 1. The monoisotopic (exact) mass is 307 g/mol. The van der Waals surface area contributed by atoms with Crippen LogP contribution in [0.15, 0.2) is 24.3 Å². The number of ketones is 1. The number of Topliss-reactive ketones (excluding diaryl/α,β-unsaturated/α-hetero) is 1. The van der Waals surface area contributed by atoms with Crippen LogP contribution in [0, 0.1) is 5.92 Å². The van der Waals surface area contributed by atoms with Crippen molar-refractivity contribution in [2.75, 3.05) is 23.4 Å². The van der Waals surface area contributed by atoms with Crippen molar-refractivity contribution < 1.29 is 19.1 Å². The second-order valence-corrected chi connectivity index (χ2v) is 5.78. The normalized spacial score (nSPS) is 18.1. The lowest BCUT2D eigenvalue weighted by atomic mass is 10.0. The van der Waals surface area contributed by atoms with E-state index < -0.39 is 11.9 Å². The molecule has 6 heteroatoms. The molecular formula is C15H17NO4S. The molecule has 1 saturated heterocycles. The van der Waals surface area contributed by atoms with Crippen LogP contribution in [0.2, 0.25) is 0 Å². The fourth-order valence-corrected chi connectivity index (χ4v) is 3.08. The predicted molar refractivity (Wildman–Crippen MR) is 81.5 cm³/mol. The highest BCUT2D eigenvalue weighted by molar-refractivity contribution is 7.99. The molecule has 1 aliphatic heterocycles. The van der Waals surface area contributed by atoms with Crippen molar-refractivity contribution in [3.63, 3.8) is 0 Å². The Morgan fingerprint density at radius 3 is 2.67 bits per heavy atom. The van der Waals surface area contributed by atoms with Gasteiger partial charge in [-0.2, -0.15) is 11.8 Å². The minimum absolute atomic E-state index is 0.00519. The zero-order valence-corrected chi connectivity index (χ0v) is 12.6. The Bertz CT molecular complexity index is 541. The van der Waals surface area contributed by atoms with Gasteiger partial charge in [-0.3, -0.25) is 9.59 Å². The van der Waals surface area contributed by atoms with Crippen LogP contribution in [0.4, 0.5) is 5.69 Å². The summed E-state index contributed by atoms with van der Waals surface area (Å²) in [4.78, 5) is 35.3. The number of esters is 1. The summed E-state index contributed by atoms with van der Waals surface area (Å²) < 4.78 is 4.88. The van der Waals surface area contributed by atoms with Crippen LogP contribution < -0.4 is 5.32 Å². The van der Waals surface area contributed by atoms with Gasteiger partial charge in [0.2, 0.25) is 5.91 Å². The summed E-state index contributed by atoms with van der Waals surface area (Å²) >= 11 is 1.61. The van der Waals surface area contributed by atoms with E-state index in [1.165, 1.54) is 0 Å². The Kier molecular flexibility index (Phi) is 5.38. The van der Waals surface area contributed by atoms with E-state index in [9.17, 15) is 14.4 Å². The van der Waals surface area contributed by atoms with E-state index in [0.29, 0.717) is 30.0 Å². The molecule has 1 aromatic rings. The highest BCUT2D eigenvalue weighted by Gasteiger charge is 2.29. The number of benzene rings is 1. The fraction of sp³-hybridized carbons (Fsp3) is 0.400. The lowest BCUT2D eigenvalue weighted by Crippen LogP contribution is -2.34. The summed E-state index contributed by atoms with van der Waals surface area (Å²) in [6, 6.07) is 6.44. The molecule has 1 fully saturated rings. The highest BCUT2D eigenvalue weighted by atomic mass is 32.2. The van der Waals surface area contributed by atoms with E-state index in [1.54, 1.807) is 43.0 Å². The standard InChI is InChI=1S/C15H17NO4S/c1-2-20-15(19)10-3-5-11(6-4-10)16-14(18)12-9-21-8-7-13(12)17/h3-6,12H,2,7-9H2,1H3,(H,16,18)/t12-/m1/s1. The molecule has 0 spiro atoms. The van der Waals surface area contributed by atoms with E-state index in [4.69, 9.17) is 4.74 Å². The molecule has 0 saturated carbocycles. The lowest BCUT2D eigenvalue weighted by molar-refractivity contribution is -0.130. The molecule has 1 amide bonds. The summed E-state index contributed by atoms with van der Waals surface area (Å²) in [6.45, 7) is 2.06. The Morgan fingerprint density at radius 1 is 1.33 bits per heavy atom. The number of hydrogen-bond acceptors (Lipinski definition) is 5. The summed E-state index contributed by atoms with van der Waals surface area (Å²) in [6.07, 6.45) is 0.449. The van der Waals surface area contributed by atoms with Crippen LogP contribution in [-0.2, 0) is 14.3 Å². The molecule has 0 aliphatic carbocycles. The minimum Gasteiger partial charge on any atom is -0.462 e. The Morgan fingerprint density at radius 2 is 2.05 bits per heavy atom. The third kappa shape index (κ3) is 4.07. The highest BCUT2D eigenvalue weighted by Crippen LogP contribution is 2.21. The third-order valence-corrected chi connectivity index (χ3v) is 4.21. The van der Waals surface area contributed by atoms with Crippen LogP contribution in [0.5, 0.6) is 0 Å². The number of ether oxygens (including phenoxy) is 1. The summed E-state index contributed by atoms with van der Waals surface area (Å²) in [7, 11) is 0. The molecule has 21 heavy (non-hydrogen) atoms. The smallest absolute Gasteiger partial charge is 0.338 e. The van der Waals surface area contributed by atoms with Gasteiger partial charge in [-0.1, -0.05) is 0 Å². The minimum atomic E-state index is -0.575. The van der Waals surface area contributed by atoms with Crippen LogP contribution in [0.3, 0.4) is 0 Å². The number of anilines is 1. The largest absolute Gasteiger partial charge is 0.462 e. The molecule has 0 unspecified atom stereocenters. The first-order valence-corrected chi connectivity index (χ1v) is 7.95. The van der Waals surface area contributed by atoms with Crippen molar-refractivity contribution in [1.29, 1.82) is 0 Å². The van der Waals surface area contributed by atoms with Crippen LogP contribution in [-0.4, -0.2) is 35.8 Å². The average molecular weight is 307 g/mol. The Labute approximate surface area is 127 Å². The molecule has 1 heterocycles. The van der Waals surface area contributed by atoms with Crippen molar-refractivity contribution in [2.45, 2.75) is 13.3 Å². The Hall–Kier alpha value is -1.82. The maximum Gasteiger partial charge on any atom is 0.338 e. The summed E-state index contributed by atoms with van der Waals surface area (Å²) in [5.74, 6) is 0.0656. The van der Waals surface area contributed by atoms with Crippen LogP contribution >= 0.6 is 11.8 Å². The van der Waals surface area contributed by atoms with Gasteiger partial charge in [0, 0.05) is 23.6 Å². The topological polar surface area (TPSA) is 72.5 Å². The van der Waals surface area contributed by atoms with Gasteiger partial charge in [0.05, 0.1) is 12.2 Å². The van der Waals surface area contributed by atoms with Gasteiger partial charge in [-0.15, -0.1) is 0 Å². The second kappa shape index (κ2) is 7.26. The molecule has 5 nitrogen and oxygen atoms in total. The van der Waals surface area contributed by atoms with E-state index in [1.807, 2.05) is 0 Å². The molecule has 1 aromatic carbocycles. The van der Waals surface area contributed by atoms with E-state index >= 15 is 0 Å². The molecule has 0 bridgehead atoms. The zero-order chi connectivity index (χ0) is 15.2. The number of hydrogen-bond donors (Lipinski definition) is 1. The SMILES string of the molecule is CCOC(=O)c1ccc(NC(=O)[C@@H]2CSCCC2=O)cc1. The number of amides is 1. The first-order chi connectivity index (χ1) is 10.1. The molecule has 1 aliphatic rings. The van der Waals surface area contributed by atoms with Crippen LogP contribution in [0.1, 0.15) is 23.7 Å². The number of carbonyl (C=O) groups is 3. The average Bonchev–Trinajstić information content (AvgIpc) is 2.48. The van der Waals surface area contributed by atoms with Gasteiger partial charge in [-0.05, 0) is 31.2 Å². The fourth-order valence-electron chi connectivity index (χ4n) is 2.00. The molecule has 0 radical (unpaired) electrons. The van der Waals surface area contributed by atoms with E-state index in [-0.39, 0.29) is 11.7 Å². The van der Waals surface area contributed by atoms with Gasteiger partial charge < -0.3 is 10.1 Å². The molecule has 112 valence electrons. The third-order valence-electron chi connectivity index (χ3n) is 3.15. The quantitative estimate of drug-likeness (QED) is 0.681. The summed E-state index contributed by atoms with van der Waals surface area (Å²) in [5.41, 5.74) is 0.996. The lowest BCUT2D eigenvalue weighted by Gasteiger charge is -2.19. The first-order valence-electron chi connectivity index (χ1n) is 6.80. The molecule has 1 N–H and O–H groups in total. The Balaban J connectivity index is 1.98. The van der Waals surface area contributed by atoms with Crippen molar-refractivity contribution >= 4 is 35.1 Å². The van der Waals surface area contributed by atoms with Crippen molar-refractivity contribution in [2.24, 2.45) is 5.92 Å². The maximum absolute atomic E-state index is 12.1.